The molecule has 0 fully saturated rings. The molecule has 5 N–H and O–H groups in total. The van der Waals surface area contributed by atoms with E-state index in [0.717, 1.165) is 0 Å². The van der Waals surface area contributed by atoms with Crippen molar-refractivity contribution in [2.45, 2.75) is 31.2 Å². The second kappa shape index (κ2) is 6.46. The fourth-order valence-corrected chi connectivity index (χ4v) is 0.899. The number of carbonyl (C=O) groups is 2. The molecule has 0 spiro atoms. The molecule has 0 unspecified atom stereocenters. The number of nitrogens with one attached hydrogen (secondary N) is 1. The Hall–Kier alpha value is -1.02. The molecule has 0 radical (unpaired) electrons. The van der Waals surface area contributed by atoms with E-state index in [0.29, 0.717) is 0 Å². The Labute approximate surface area is 90.6 Å². The molecule has 1 amide bonds. The largest absolute Gasteiger partial charge is 0.394 e. The summed E-state index contributed by atoms with van der Waals surface area (Å²) in [6, 6.07) is -1.71. The third kappa shape index (κ3) is 4.34. The van der Waals surface area contributed by atoms with Crippen molar-refractivity contribution in [3.05, 3.63) is 0 Å². The van der Waals surface area contributed by atoms with Crippen molar-refractivity contribution in [3.63, 3.8) is 0 Å². The normalized spacial score (nSPS) is 22.5. The van der Waals surface area contributed by atoms with E-state index in [-0.39, 0.29) is 6.29 Å². The van der Waals surface area contributed by atoms with Gasteiger partial charge in [0.15, 0.2) is 0 Å². The number of aliphatic hydroxyl groups excluding tert-OH is 4. The molecule has 7 heteroatoms. The highest BCUT2D eigenvalue weighted by atomic mass is 18.1. The van der Waals surface area contributed by atoms with Gasteiger partial charge >= 0.3 is 0 Å². The van der Waals surface area contributed by atoms with Crippen LogP contribution in [0.5, 0.6) is 0 Å². The molecule has 0 aliphatic heterocycles. The molecule has 0 aromatic heterocycles. The van der Waals surface area contributed by atoms with Gasteiger partial charge in [-0.1, -0.05) is 0 Å². The van der Waals surface area contributed by atoms with Gasteiger partial charge in [-0.3, -0.25) is 4.79 Å². The fraction of sp³-hybridized carbons (Fsp3) is 0.750. The number of amides is 1. The van der Waals surface area contributed by atoms with Crippen LogP contribution in [0.25, 0.3) is 0 Å². The molecular weight excluding hydrogens is 208 g/mol. The van der Waals surface area contributed by atoms with E-state index in [2.05, 4.69) is 0 Å². The van der Waals surface area contributed by atoms with Gasteiger partial charge in [0.05, 0.1) is 6.61 Å². The molecule has 0 heterocycles. The lowest BCUT2D eigenvalue weighted by Crippen LogP contribution is -2.53. The number of hydrogen-bond acceptors (Lipinski definition) is 6. The van der Waals surface area contributed by atoms with Gasteiger partial charge < -0.3 is 30.5 Å². The Bertz CT molecular complexity index is 297. The smallest absolute Gasteiger partial charge is 0.217 e. The molecule has 0 aromatic carbocycles. The Kier molecular flexibility index (Phi) is 3.97. The predicted molar refractivity (Wildman–Crippen MR) is 48.8 cm³/mol. The zero-order chi connectivity index (χ0) is 14.5. The van der Waals surface area contributed by atoms with Crippen LogP contribution in [0.2, 0.25) is 0 Å². The molecule has 4 atom stereocenters. The van der Waals surface area contributed by atoms with Gasteiger partial charge in [-0.05, 0) is 0 Å². The highest BCUT2D eigenvalue weighted by Crippen LogP contribution is 2.03. The number of hydrogen-bond donors (Lipinski definition) is 5. The third-order valence-corrected chi connectivity index (χ3v) is 1.74. The Balaban J connectivity index is 4.69. The van der Waals surface area contributed by atoms with Crippen LogP contribution < -0.4 is 5.32 Å². The Morgan fingerprint density at radius 1 is 1.53 bits per heavy atom. The summed E-state index contributed by atoms with van der Waals surface area (Å²) in [6.45, 7) is -3.89. The van der Waals surface area contributed by atoms with Crippen molar-refractivity contribution in [3.8, 4) is 0 Å². The van der Waals surface area contributed by atoms with Gasteiger partial charge in [-0.2, -0.15) is 0 Å². The summed E-state index contributed by atoms with van der Waals surface area (Å²) < 4.78 is 20.2. The monoisotopic (exact) mass is 226 g/mol. The Morgan fingerprint density at radius 3 is 2.53 bits per heavy atom. The second-order valence-electron chi connectivity index (χ2n) is 2.87. The maximum absolute atomic E-state index is 11.1. The van der Waals surface area contributed by atoms with Gasteiger partial charge in [-0.25, -0.2) is 0 Å². The van der Waals surface area contributed by atoms with Crippen LogP contribution >= 0.6 is 0 Å². The minimum absolute atomic E-state index is 0.0155. The van der Waals surface area contributed by atoms with Crippen LogP contribution in [0, 0.1) is 0 Å². The van der Waals surface area contributed by atoms with Gasteiger partial charge in [0.1, 0.15) is 30.6 Å². The molecule has 0 saturated carbocycles. The quantitative estimate of drug-likeness (QED) is 0.239. The summed E-state index contributed by atoms with van der Waals surface area (Å²) in [6.07, 6.45) is -5.58. The van der Waals surface area contributed by atoms with Crippen LogP contribution in [0.3, 0.4) is 0 Å². The number of aldehydes is 1. The Morgan fingerprint density at radius 2 is 2.13 bits per heavy atom. The summed E-state index contributed by atoms with van der Waals surface area (Å²) in [7, 11) is 0. The van der Waals surface area contributed by atoms with E-state index in [1.165, 1.54) is 0 Å². The van der Waals surface area contributed by atoms with Crippen LogP contribution in [-0.2, 0) is 9.59 Å². The summed E-state index contributed by atoms with van der Waals surface area (Å²) in [5.41, 5.74) is 0. The number of aliphatic hydroxyl groups is 4. The van der Waals surface area contributed by atoms with Crippen molar-refractivity contribution in [2.75, 3.05) is 6.61 Å². The molecule has 7 nitrogen and oxygen atoms in total. The highest BCUT2D eigenvalue weighted by molar-refractivity contribution is 5.77. The van der Waals surface area contributed by atoms with E-state index >= 15 is 0 Å². The van der Waals surface area contributed by atoms with E-state index in [9.17, 15) is 19.8 Å². The van der Waals surface area contributed by atoms with Gasteiger partial charge in [0, 0.05) is 11.0 Å². The summed E-state index contributed by atoms with van der Waals surface area (Å²) in [4.78, 5) is 21.7. The van der Waals surface area contributed by atoms with Crippen LogP contribution in [0.1, 0.15) is 11.0 Å². The first kappa shape index (κ1) is 9.22. The van der Waals surface area contributed by atoms with Crippen LogP contribution in [-0.4, -0.2) is 63.6 Å². The average Bonchev–Trinajstić information content (AvgIpc) is 2.31. The maximum Gasteiger partial charge on any atom is 0.217 e. The van der Waals surface area contributed by atoms with E-state index in [1.54, 1.807) is 5.32 Å². The molecule has 0 bridgehead atoms. The van der Waals surface area contributed by atoms with Crippen molar-refractivity contribution in [1.82, 2.24) is 5.32 Å². The zero-order valence-corrected chi connectivity index (χ0v) is 7.70. The minimum atomic E-state index is -3.01. The number of rotatable bonds is 6. The van der Waals surface area contributed by atoms with Gasteiger partial charge in [-0.15, -0.1) is 0 Å². The lowest BCUT2D eigenvalue weighted by Gasteiger charge is -2.25. The molecule has 0 aliphatic rings. The first-order valence-corrected chi connectivity index (χ1v) is 4.06. The zero-order valence-electron chi connectivity index (χ0n) is 10.7. The molecule has 15 heavy (non-hydrogen) atoms. The lowest BCUT2D eigenvalue weighted by atomic mass is 10.0. The minimum Gasteiger partial charge on any atom is -0.394 e. The molecule has 0 saturated heterocycles. The molecular formula is C8H15NO6. The van der Waals surface area contributed by atoms with E-state index in [4.69, 9.17) is 14.3 Å². The maximum atomic E-state index is 11.1. The summed E-state index contributed by atoms with van der Waals surface area (Å²) >= 11 is 0. The van der Waals surface area contributed by atoms with Crippen molar-refractivity contribution < 1.29 is 34.1 Å². The first-order chi connectivity index (χ1) is 8.15. The molecule has 0 aromatic rings. The first-order valence-electron chi connectivity index (χ1n) is 5.56. The fourth-order valence-electron chi connectivity index (χ4n) is 0.899. The highest BCUT2D eigenvalue weighted by Gasteiger charge is 2.31. The van der Waals surface area contributed by atoms with Crippen LogP contribution in [0.15, 0.2) is 0 Å². The SMILES string of the molecule is [2H]C([2H])([2H])C(=[18O])N[C@H](C=O)[C@@H](O)[C@@H](O)[C@H](O)CO. The topological polar surface area (TPSA) is 127 Å². The third-order valence-electron chi connectivity index (χ3n) is 1.74. The van der Waals surface area contributed by atoms with Crippen molar-refractivity contribution in [1.29, 1.82) is 0 Å². The second-order valence-corrected chi connectivity index (χ2v) is 2.87. The standard InChI is InChI=1S/C8H15NO6/c1-4(12)9-5(2-10)7(14)8(15)6(13)3-11/h2,5-8,11,13-15H,3H2,1H3,(H,9,12)/t5-,6-,7-,8+/m1/s1/i1D3,12+2. The van der Waals surface area contributed by atoms with Crippen molar-refractivity contribution in [2.24, 2.45) is 0 Å². The summed E-state index contributed by atoms with van der Waals surface area (Å²) in [5.74, 6) is -1.48. The van der Waals surface area contributed by atoms with E-state index < -0.39 is 43.7 Å². The molecule has 88 valence electrons. The number of carbonyl (C=O) groups excluding carboxylic acids is 2. The van der Waals surface area contributed by atoms with E-state index in [1.807, 2.05) is 0 Å². The predicted octanol–water partition coefficient (Wildman–Crippen LogP) is -3.23. The molecule has 0 aliphatic carbocycles. The lowest BCUT2D eigenvalue weighted by molar-refractivity contribution is -0.129. The molecule has 0 rings (SSSR count). The van der Waals surface area contributed by atoms with Gasteiger partial charge in [0.2, 0.25) is 5.91 Å². The van der Waals surface area contributed by atoms with Crippen molar-refractivity contribution >= 4 is 12.2 Å². The van der Waals surface area contributed by atoms with Gasteiger partial charge in [0.25, 0.3) is 0 Å². The average molecular weight is 226 g/mol. The summed E-state index contributed by atoms with van der Waals surface area (Å²) in [5, 5.41) is 38.0. The van der Waals surface area contributed by atoms with Crippen LogP contribution in [0.4, 0.5) is 0 Å².